The molecule has 0 aliphatic heterocycles. The van der Waals surface area contributed by atoms with Gasteiger partial charge in [-0.15, -0.1) is 0 Å². The van der Waals surface area contributed by atoms with Gasteiger partial charge in [0.1, 0.15) is 5.75 Å². The van der Waals surface area contributed by atoms with Gasteiger partial charge < -0.3 is 15.5 Å². The fraction of sp³-hybridized carbons (Fsp3) is 0.357. The number of phenols is 1. The third-order valence-corrected chi connectivity index (χ3v) is 3.21. The van der Waals surface area contributed by atoms with Crippen molar-refractivity contribution in [1.82, 2.24) is 5.32 Å². The quantitative estimate of drug-likeness (QED) is 0.706. The van der Waals surface area contributed by atoms with Gasteiger partial charge in [-0.25, -0.2) is 0 Å². The Morgan fingerprint density at radius 2 is 2.22 bits per heavy atom. The summed E-state index contributed by atoms with van der Waals surface area (Å²) < 4.78 is 0. The number of aromatic hydroxyl groups is 1. The van der Waals surface area contributed by atoms with E-state index in [1.807, 2.05) is 12.2 Å². The molecule has 0 saturated carbocycles. The average Bonchev–Trinajstić information content (AvgIpc) is 2.80. The normalized spacial score (nSPS) is 22.1. The molecule has 4 nitrogen and oxygen atoms in total. The zero-order valence-corrected chi connectivity index (χ0v) is 10.3. The maximum atomic E-state index is 12.0. The lowest BCUT2D eigenvalue weighted by Gasteiger charge is -2.14. The minimum absolute atomic E-state index is 0.0238. The summed E-state index contributed by atoms with van der Waals surface area (Å²) in [5.74, 6) is -0.151. The molecule has 0 saturated heterocycles. The van der Waals surface area contributed by atoms with Crippen LogP contribution in [-0.2, 0) is 0 Å². The first-order valence-electron chi connectivity index (χ1n) is 6.00. The van der Waals surface area contributed by atoms with Gasteiger partial charge in [-0.1, -0.05) is 24.3 Å². The van der Waals surface area contributed by atoms with Crippen molar-refractivity contribution in [3.05, 3.63) is 41.5 Å². The van der Waals surface area contributed by atoms with Crippen molar-refractivity contribution in [2.24, 2.45) is 5.92 Å². The van der Waals surface area contributed by atoms with E-state index in [1.54, 1.807) is 25.1 Å². The highest BCUT2D eigenvalue weighted by atomic mass is 16.3. The molecule has 4 heteroatoms. The van der Waals surface area contributed by atoms with Crippen LogP contribution in [0.2, 0.25) is 0 Å². The summed E-state index contributed by atoms with van der Waals surface area (Å²) in [7, 11) is 0. The van der Waals surface area contributed by atoms with Crippen LogP contribution in [0.3, 0.4) is 0 Å². The molecule has 0 bridgehead atoms. The Balaban J connectivity index is 2.05. The molecule has 3 N–H and O–H groups in total. The van der Waals surface area contributed by atoms with Crippen molar-refractivity contribution in [2.45, 2.75) is 19.4 Å². The Bertz CT molecular complexity index is 482. The zero-order valence-electron chi connectivity index (χ0n) is 10.3. The van der Waals surface area contributed by atoms with E-state index in [4.69, 9.17) is 5.11 Å². The van der Waals surface area contributed by atoms with Crippen LogP contribution in [0.15, 0.2) is 30.4 Å². The number of nitrogens with one attached hydrogen (secondary N) is 1. The molecule has 0 spiro atoms. The minimum atomic E-state index is -0.288. The van der Waals surface area contributed by atoms with Gasteiger partial charge in [-0.05, 0) is 25.0 Å². The Morgan fingerprint density at radius 1 is 1.44 bits per heavy atom. The molecular formula is C14H17NO3. The SMILES string of the molecule is Cc1cccc(C(=O)N[C@@H]2C=C[C@H](CO)C2)c1O. The van der Waals surface area contributed by atoms with E-state index in [0.717, 1.165) is 0 Å². The predicted molar refractivity (Wildman–Crippen MR) is 68.4 cm³/mol. The Hall–Kier alpha value is -1.81. The molecule has 0 radical (unpaired) electrons. The van der Waals surface area contributed by atoms with Crippen LogP contribution in [0.25, 0.3) is 0 Å². The number of aryl methyl sites for hydroxylation is 1. The van der Waals surface area contributed by atoms with E-state index in [0.29, 0.717) is 12.0 Å². The second-order valence-electron chi connectivity index (χ2n) is 4.61. The van der Waals surface area contributed by atoms with Gasteiger partial charge >= 0.3 is 0 Å². The largest absolute Gasteiger partial charge is 0.507 e. The van der Waals surface area contributed by atoms with Crippen molar-refractivity contribution < 1.29 is 15.0 Å². The lowest BCUT2D eigenvalue weighted by molar-refractivity contribution is 0.0938. The Morgan fingerprint density at radius 3 is 2.89 bits per heavy atom. The van der Waals surface area contributed by atoms with Crippen LogP contribution in [-0.4, -0.2) is 28.8 Å². The highest BCUT2D eigenvalue weighted by Crippen LogP contribution is 2.22. The van der Waals surface area contributed by atoms with E-state index < -0.39 is 0 Å². The Kier molecular flexibility index (Phi) is 3.67. The highest BCUT2D eigenvalue weighted by Gasteiger charge is 2.21. The third-order valence-electron chi connectivity index (χ3n) is 3.21. The molecule has 96 valence electrons. The molecule has 1 aromatic carbocycles. The monoisotopic (exact) mass is 247 g/mol. The maximum Gasteiger partial charge on any atom is 0.255 e. The van der Waals surface area contributed by atoms with Crippen molar-refractivity contribution >= 4 is 5.91 Å². The van der Waals surface area contributed by atoms with Gasteiger partial charge in [0, 0.05) is 18.6 Å². The maximum absolute atomic E-state index is 12.0. The molecule has 1 amide bonds. The van der Waals surface area contributed by atoms with Crippen LogP contribution in [0.4, 0.5) is 0 Å². The lowest BCUT2D eigenvalue weighted by Crippen LogP contribution is -2.33. The molecule has 0 aromatic heterocycles. The fourth-order valence-corrected chi connectivity index (χ4v) is 2.11. The number of hydrogen-bond donors (Lipinski definition) is 3. The summed E-state index contributed by atoms with van der Waals surface area (Å²) in [4.78, 5) is 12.0. The number of carbonyl (C=O) groups excluding carboxylic acids is 1. The first-order chi connectivity index (χ1) is 8.61. The molecule has 0 unspecified atom stereocenters. The number of amides is 1. The summed E-state index contributed by atoms with van der Waals surface area (Å²) in [6.45, 7) is 1.85. The van der Waals surface area contributed by atoms with Crippen molar-refractivity contribution in [3.63, 3.8) is 0 Å². The van der Waals surface area contributed by atoms with E-state index in [1.165, 1.54) is 0 Å². The number of benzene rings is 1. The number of para-hydroxylation sites is 1. The van der Waals surface area contributed by atoms with Crippen LogP contribution in [0.5, 0.6) is 5.75 Å². The van der Waals surface area contributed by atoms with Gasteiger partial charge in [0.15, 0.2) is 0 Å². The number of hydrogen-bond acceptors (Lipinski definition) is 3. The number of aliphatic hydroxyl groups excluding tert-OH is 1. The van der Waals surface area contributed by atoms with E-state index in [-0.39, 0.29) is 35.8 Å². The van der Waals surface area contributed by atoms with E-state index >= 15 is 0 Å². The standard InChI is InChI=1S/C14H17NO3/c1-9-3-2-4-12(13(9)17)14(18)15-11-6-5-10(7-11)8-16/h2-6,10-11,16-17H,7-8H2,1H3,(H,15,18)/t10-,11+/m0/s1. The van der Waals surface area contributed by atoms with Crippen LogP contribution >= 0.6 is 0 Å². The molecule has 0 fully saturated rings. The summed E-state index contributed by atoms with van der Waals surface area (Å²) in [5, 5.41) is 21.7. The van der Waals surface area contributed by atoms with Gasteiger partial charge in [-0.3, -0.25) is 4.79 Å². The summed E-state index contributed by atoms with van der Waals surface area (Å²) >= 11 is 0. The Labute approximate surface area is 106 Å². The molecule has 18 heavy (non-hydrogen) atoms. The summed E-state index contributed by atoms with van der Waals surface area (Å²) in [6.07, 6.45) is 4.49. The molecule has 1 aromatic rings. The van der Waals surface area contributed by atoms with Crippen LogP contribution in [0.1, 0.15) is 22.3 Å². The van der Waals surface area contributed by atoms with Crippen LogP contribution in [0, 0.1) is 12.8 Å². The molecule has 1 aliphatic rings. The number of rotatable bonds is 3. The summed E-state index contributed by atoms with van der Waals surface area (Å²) in [6, 6.07) is 5.02. The van der Waals surface area contributed by atoms with E-state index in [2.05, 4.69) is 5.32 Å². The summed E-state index contributed by atoms with van der Waals surface area (Å²) in [5.41, 5.74) is 0.966. The zero-order chi connectivity index (χ0) is 13.1. The fourth-order valence-electron chi connectivity index (χ4n) is 2.11. The lowest BCUT2D eigenvalue weighted by atomic mass is 10.1. The molecular weight excluding hydrogens is 230 g/mol. The predicted octanol–water partition coefficient (Wildman–Crippen LogP) is 1.37. The van der Waals surface area contributed by atoms with Crippen molar-refractivity contribution in [1.29, 1.82) is 0 Å². The van der Waals surface area contributed by atoms with Gasteiger partial charge in [0.05, 0.1) is 5.56 Å². The second kappa shape index (κ2) is 5.23. The number of phenolic OH excluding ortho intramolecular Hbond substituents is 1. The second-order valence-corrected chi connectivity index (χ2v) is 4.61. The molecule has 1 aliphatic carbocycles. The van der Waals surface area contributed by atoms with Crippen molar-refractivity contribution in [3.8, 4) is 5.75 Å². The van der Waals surface area contributed by atoms with Crippen LogP contribution < -0.4 is 5.32 Å². The first-order valence-corrected chi connectivity index (χ1v) is 6.00. The topological polar surface area (TPSA) is 69.6 Å². The molecule has 0 heterocycles. The average molecular weight is 247 g/mol. The third kappa shape index (κ3) is 2.54. The smallest absolute Gasteiger partial charge is 0.255 e. The molecule has 2 rings (SSSR count). The van der Waals surface area contributed by atoms with Gasteiger partial charge in [0.25, 0.3) is 5.91 Å². The molecule has 2 atom stereocenters. The number of aliphatic hydroxyl groups is 1. The van der Waals surface area contributed by atoms with Gasteiger partial charge in [-0.2, -0.15) is 0 Å². The first kappa shape index (κ1) is 12.6. The number of carbonyl (C=O) groups is 1. The highest BCUT2D eigenvalue weighted by molar-refractivity contribution is 5.97. The van der Waals surface area contributed by atoms with Crippen molar-refractivity contribution in [2.75, 3.05) is 6.61 Å². The van der Waals surface area contributed by atoms with E-state index in [9.17, 15) is 9.90 Å². The minimum Gasteiger partial charge on any atom is -0.507 e. The van der Waals surface area contributed by atoms with Gasteiger partial charge in [0.2, 0.25) is 0 Å².